The molecule has 0 bridgehead atoms. The molecule has 1 aliphatic heterocycles. The highest BCUT2D eigenvalue weighted by Gasteiger charge is 2.33. The second-order valence-corrected chi connectivity index (χ2v) is 5.68. The number of likely N-dealkylation sites (tertiary alicyclic amines) is 1. The Bertz CT molecular complexity index is 440. The highest BCUT2D eigenvalue weighted by atomic mass is 16.5. The first kappa shape index (κ1) is 12.9. The van der Waals surface area contributed by atoms with Crippen LogP contribution in [0.25, 0.3) is 0 Å². The second kappa shape index (κ2) is 5.51. The number of benzene rings is 1. The van der Waals surface area contributed by atoms with E-state index in [0.29, 0.717) is 12.1 Å². The third kappa shape index (κ3) is 2.37. The SMILES string of the molecule is CNC1c2cc(OC)ccc2CCC1N1CCCC1. The van der Waals surface area contributed by atoms with E-state index in [1.54, 1.807) is 7.11 Å². The van der Waals surface area contributed by atoms with Crippen LogP contribution >= 0.6 is 0 Å². The van der Waals surface area contributed by atoms with E-state index in [9.17, 15) is 0 Å². The normalized spacial score (nSPS) is 27.3. The second-order valence-electron chi connectivity index (χ2n) is 5.68. The van der Waals surface area contributed by atoms with Gasteiger partial charge in [-0.2, -0.15) is 0 Å². The molecular formula is C16H24N2O. The predicted molar refractivity (Wildman–Crippen MR) is 77.7 cm³/mol. The van der Waals surface area contributed by atoms with Crippen LogP contribution in [-0.2, 0) is 6.42 Å². The lowest BCUT2D eigenvalue weighted by Crippen LogP contribution is -2.45. The lowest BCUT2D eigenvalue weighted by atomic mass is 9.83. The average molecular weight is 260 g/mol. The number of fused-ring (bicyclic) bond motifs is 1. The third-order valence-electron chi connectivity index (χ3n) is 4.70. The first-order chi connectivity index (χ1) is 9.33. The molecule has 1 aliphatic carbocycles. The minimum Gasteiger partial charge on any atom is -0.497 e. The van der Waals surface area contributed by atoms with E-state index in [4.69, 9.17) is 4.74 Å². The molecule has 19 heavy (non-hydrogen) atoms. The number of hydrogen-bond acceptors (Lipinski definition) is 3. The van der Waals surface area contributed by atoms with E-state index in [0.717, 1.165) is 5.75 Å². The summed E-state index contributed by atoms with van der Waals surface area (Å²) in [7, 11) is 3.83. The molecule has 0 aromatic heterocycles. The fourth-order valence-corrected chi connectivity index (χ4v) is 3.71. The van der Waals surface area contributed by atoms with Crippen molar-refractivity contribution in [3.05, 3.63) is 29.3 Å². The number of likely N-dealkylation sites (N-methyl/N-ethyl adjacent to an activating group) is 1. The van der Waals surface area contributed by atoms with Gasteiger partial charge in [0.1, 0.15) is 5.75 Å². The molecule has 1 aromatic carbocycles. The van der Waals surface area contributed by atoms with Gasteiger partial charge in [0.25, 0.3) is 0 Å². The molecule has 2 unspecified atom stereocenters. The lowest BCUT2D eigenvalue weighted by molar-refractivity contribution is 0.176. The van der Waals surface area contributed by atoms with Crippen LogP contribution in [0.1, 0.15) is 36.4 Å². The topological polar surface area (TPSA) is 24.5 Å². The Balaban J connectivity index is 1.91. The van der Waals surface area contributed by atoms with Gasteiger partial charge in [0, 0.05) is 12.1 Å². The van der Waals surface area contributed by atoms with Crippen molar-refractivity contribution in [1.29, 1.82) is 0 Å². The number of rotatable bonds is 3. The molecule has 3 nitrogen and oxygen atoms in total. The zero-order valence-corrected chi connectivity index (χ0v) is 12.0. The molecule has 1 fully saturated rings. The molecule has 2 aliphatic rings. The van der Waals surface area contributed by atoms with E-state index in [1.165, 1.54) is 49.9 Å². The quantitative estimate of drug-likeness (QED) is 0.903. The maximum Gasteiger partial charge on any atom is 0.119 e. The summed E-state index contributed by atoms with van der Waals surface area (Å²) >= 11 is 0. The molecule has 0 spiro atoms. The largest absolute Gasteiger partial charge is 0.497 e. The average Bonchev–Trinajstić information content (AvgIpc) is 2.99. The number of nitrogens with one attached hydrogen (secondary N) is 1. The lowest BCUT2D eigenvalue weighted by Gasteiger charge is -2.39. The molecule has 1 N–H and O–H groups in total. The summed E-state index contributed by atoms with van der Waals surface area (Å²) in [5.41, 5.74) is 2.92. The fraction of sp³-hybridized carbons (Fsp3) is 0.625. The maximum absolute atomic E-state index is 5.39. The molecule has 0 radical (unpaired) electrons. The standard InChI is InChI=1S/C16H24N2O/c1-17-16-14-11-13(19-2)7-5-12(14)6-8-15(16)18-9-3-4-10-18/h5,7,11,15-17H,3-4,6,8-10H2,1-2H3. The van der Waals surface area contributed by atoms with E-state index < -0.39 is 0 Å². The number of nitrogens with zero attached hydrogens (tertiary/aromatic N) is 1. The monoisotopic (exact) mass is 260 g/mol. The first-order valence-corrected chi connectivity index (χ1v) is 7.41. The fourth-order valence-electron chi connectivity index (χ4n) is 3.71. The van der Waals surface area contributed by atoms with Gasteiger partial charge in [0.15, 0.2) is 0 Å². The van der Waals surface area contributed by atoms with Crippen LogP contribution in [-0.4, -0.2) is 38.2 Å². The molecule has 0 amide bonds. The summed E-state index contributed by atoms with van der Waals surface area (Å²) in [6.07, 6.45) is 5.18. The van der Waals surface area contributed by atoms with Gasteiger partial charge in [-0.15, -0.1) is 0 Å². The summed E-state index contributed by atoms with van der Waals surface area (Å²) < 4.78 is 5.39. The molecule has 1 aromatic rings. The van der Waals surface area contributed by atoms with Gasteiger partial charge in [-0.25, -0.2) is 0 Å². The smallest absolute Gasteiger partial charge is 0.119 e. The van der Waals surface area contributed by atoms with Crippen molar-refractivity contribution in [2.24, 2.45) is 0 Å². The van der Waals surface area contributed by atoms with Crippen LogP contribution in [0.2, 0.25) is 0 Å². The molecular weight excluding hydrogens is 236 g/mol. The van der Waals surface area contributed by atoms with Gasteiger partial charge in [-0.1, -0.05) is 6.07 Å². The van der Waals surface area contributed by atoms with Crippen molar-refractivity contribution in [3.8, 4) is 5.75 Å². The van der Waals surface area contributed by atoms with Crippen LogP contribution < -0.4 is 10.1 Å². The molecule has 104 valence electrons. The minimum atomic E-state index is 0.442. The zero-order chi connectivity index (χ0) is 13.2. The van der Waals surface area contributed by atoms with Gasteiger partial charge in [-0.3, -0.25) is 4.90 Å². The Morgan fingerprint density at radius 2 is 2.05 bits per heavy atom. The van der Waals surface area contributed by atoms with Gasteiger partial charge in [0.05, 0.1) is 7.11 Å². The number of aryl methyl sites for hydroxylation is 1. The van der Waals surface area contributed by atoms with Gasteiger partial charge < -0.3 is 10.1 Å². The van der Waals surface area contributed by atoms with E-state index in [2.05, 4.69) is 35.5 Å². The van der Waals surface area contributed by atoms with Crippen LogP contribution in [0.4, 0.5) is 0 Å². The summed E-state index contributed by atoms with van der Waals surface area (Å²) in [6, 6.07) is 7.63. The Morgan fingerprint density at radius 1 is 1.26 bits per heavy atom. The van der Waals surface area contributed by atoms with Crippen LogP contribution in [0.15, 0.2) is 18.2 Å². The molecule has 3 rings (SSSR count). The number of hydrogen-bond donors (Lipinski definition) is 1. The maximum atomic E-state index is 5.39. The number of methoxy groups -OCH3 is 1. The van der Waals surface area contributed by atoms with Crippen LogP contribution in [0.3, 0.4) is 0 Å². The summed E-state index contributed by atoms with van der Waals surface area (Å²) in [5.74, 6) is 0.973. The Morgan fingerprint density at radius 3 is 2.74 bits per heavy atom. The van der Waals surface area contributed by atoms with Crippen molar-refractivity contribution in [2.75, 3.05) is 27.2 Å². The van der Waals surface area contributed by atoms with E-state index in [-0.39, 0.29) is 0 Å². The molecule has 2 atom stereocenters. The zero-order valence-electron chi connectivity index (χ0n) is 12.0. The molecule has 1 heterocycles. The summed E-state index contributed by atoms with van der Waals surface area (Å²) in [4.78, 5) is 2.67. The van der Waals surface area contributed by atoms with Crippen molar-refractivity contribution >= 4 is 0 Å². The van der Waals surface area contributed by atoms with E-state index >= 15 is 0 Å². The van der Waals surface area contributed by atoms with Crippen LogP contribution in [0.5, 0.6) is 5.75 Å². The number of ether oxygens (including phenoxy) is 1. The Labute approximate surface area is 115 Å². The summed E-state index contributed by atoms with van der Waals surface area (Å²) in [6.45, 7) is 2.53. The van der Waals surface area contributed by atoms with Crippen molar-refractivity contribution in [1.82, 2.24) is 10.2 Å². The highest BCUT2D eigenvalue weighted by molar-refractivity contribution is 5.40. The summed E-state index contributed by atoms with van der Waals surface area (Å²) in [5, 5.41) is 3.54. The Kier molecular flexibility index (Phi) is 3.76. The van der Waals surface area contributed by atoms with Crippen LogP contribution in [0, 0.1) is 0 Å². The van der Waals surface area contributed by atoms with Gasteiger partial charge >= 0.3 is 0 Å². The van der Waals surface area contributed by atoms with Crippen molar-refractivity contribution < 1.29 is 4.74 Å². The molecule has 1 saturated heterocycles. The van der Waals surface area contributed by atoms with E-state index in [1.807, 2.05) is 0 Å². The first-order valence-electron chi connectivity index (χ1n) is 7.41. The van der Waals surface area contributed by atoms with Gasteiger partial charge in [-0.05, 0) is 69.1 Å². The minimum absolute atomic E-state index is 0.442. The molecule has 3 heteroatoms. The highest BCUT2D eigenvalue weighted by Crippen LogP contribution is 2.36. The molecule has 0 saturated carbocycles. The van der Waals surface area contributed by atoms with Gasteiger partial charge in [0.2, 0.25) is 0 Å². The van der Waals surface area contributed by atoms with Crippen molar-refractivity contribution in [2.45, 2.75) is 37.8 Å². The predicted octanol–water partition coefficient (Wildman–Crippen LogP) is 2.37. The van der Waals surface area contributed by atoms with Crippen molar-refractivity contribution in [3.63, 3.8) is 0 Å². The third-order valence-corrected chi connectivity index (χ3v) is 4.70. The Hall–Kier alpha value is -1.06.